The highest BCUT2D eigenvalue weighted by molar-refractivity contribution is 9.11. The maximum atomic E-state index is 6.70. The zero-order valence-electron chi connectivity index (χ0n) is 70.8. The van der Waals surface area contributed by atoms with Crippen LogP contribution in [-0.2, 0) is 0 Å². The van der Waals surface area contributed by atoms with Gasteiger partial charge in [0.15, 0.2) is 23.0 Å². The standard InChI is InChI=1S/C45H75NO2S2Si2.C31H57NO2.C14H20Br2S2Si2/c1-10-12-14-16-18-20-22-24-26-28-30-47-40-33-37(32-36(3)43(40)48-31-29-27-25-23-21-19-17-15-13-11-2)46-38-34-41(51(4,5)6)49-44(38)45-39(46)35-42(50-45)52(7,8)9;1-4-6-8-10-12-14-16-18-20-22-24-33-30-27-29(32)26-28(3)31(30)34-25-23-21-19-17-15-13-11-9-7-5-2;1-19(2,3)11-7-9(15)13(17-11)14-10(16)8-12(18-14)20(4,5)6/h32-35H,10-31H2,1-9H3;26-27H,4-25,32H2,1-3H3;7-8H,1-6H3. The van der Waals surface area contributed by atoms with Crippen molar-refractivity contribution in [2.45, 2.75) is 377 Å². The Morgan fingerprint density at radius 3 is 0.849 bits per heavy atom. The molecule has 0 amide bonds. The van der Waals surface area contributed by atoms with Crippen LogP contribution in [0.2, 0.25) is 78.6 Å². The summed E-state index contributed by atoms with van der Waals surface area (Å²) in [5.41, 5.74) is 13.0. The molecule has 0 saturated carbocycles. The van der Waals surface area contributed by atoms with Crippen LogP contribution < -0.4 is 42.7 Å². The second kappa shape index (κ2) is 50.9. The van der Waals surface area contributed by atoms with Crippen LogP contribution in [0.15, 0.2) is 57.5 Å². The fourth-order valence-corrected chi connectivity index (χ4v) is 28.1. The quantitative estimate of drug-likeness (QED) is 0.0234. The van der Waals surface area contributed by atoms with Gasteiger partial charge in [-0.3, -0.25) is 0 Å². The van der Waals surface area contributed by atoms with Gasteiger partial charge in [0, 0.05) is 26.8 Å². The summed E-state index contributed by atoms with van der Waals surface area (Å²) in [5.74, 6) is 3.58. The van der Waals surface area contributed by atoms with E-state index in [-0.39, 0.29) is 0 Å². The summed E-state index contributed by atoms with van der Waals surface area (Å²) in [6.07, 6.45) is 53.4. The van der Waals surface area contributed by atoms with Gasteiger partial charge in [-0.1, -0.05) is 337 Å². The Bertz CT molecular complexity index is 3400. The highest BCUT2D eigenvalue weighted by atomic mass is 79.9. The zero-order valence-corrected chi connectivity index (χ0v) is 81.2. The lowest BCUT2D eigenvalue weighted by Crippen LogP contribution is -2.34. The minimum atomic E-state index is -1.46. The predicted molar refractivity (Wildman–Crippen MR) is 501 cm³/mol. The van der Waals surface area contributed by atoms with Gasteiger partial charge in [-0.25, -0.2) is 0 Å². The van der Waals surface area contributed by atoms with E-state index < -0.39 is 32.3 Å². The fourth-order valence-electron chi connectivity index (χ4n) is 13.6. The lowest BCUT2D eigenvalue weighted by atomic mass is 10.1. The van der Waals surface area contributed by atoms with Crippen LogP contribution in [0.1, 0.15) is 296 Å². The Hall–Kier alpha value is -2.13. The molecule has 106 heavy (non-hydrogen) atoms. The van der Waals surface area contributed by atoms with Gasteiger partial charge in [0.05, 0.1) is 94.6 Å². The molecule has 0 aliphatic carbocycles. The number of fused-ring (bicyclic) bond motifs is 3. The molecule has 0 saturated heterocycles. The van der Waals surface area contributed by atoms with Crippen molar-refractivity contribution in [1.29, 1.82) is 0 Å². The van der Waals surface area contributed by atoms with Gasteiger partial charge in [0.25, 0.3) is 0 Å². The van der Waals surface area contributed by atoms with Gasteiger partial charge in [0.2, 0.25) is 0 Å². The van der Waals surface area contributed by atoms with Crippen LogP contribution in [0.5, 0.6) is 23.0 Å². The van der Waals surface area contributed by atoms with Crippen molar-refractivity contribution in [3.05, 3.63) is 68.6 Å². The van der Waals surface area contributed by atoms with Crippen molar-refractivity contribution in [3.63, 3.8) is 0 Å². The third-order valence-electron chi connectivity index (χ3n) is 20.4. The molecule has 16 heteroatoms. The van der Waals surface area contributed by atoms with E-state index >= 15 is 0 Å². The molecule has 0 unspecified atom stereocenters. The zero-order chi connectivity index (χ0) is 77.6. The highest BCUT2D eigenvalue weighted by Gasteiger charge is 2.30. The number of nitrogen functional groups attached to an aromatic ring is 1. The predicted octanol–water partition coefficient (Wildman–Crippen LogP) is 31.2. The molecule has 0 fully saturated rings. The van der Waals surface area contributed by atoms with Crippen LogP contribution in [0.25, 0.3) is 35.9 Å². The van der Waals surface area contributed by atoms with Crippen molar-refractivity contribution < 1.29 is 18.9 Å². The average Bonchev–Trinajstić information content (AvgIpc) is 1.56. The first-order chi connectivity index (χ1) is 50.6. The van der Waals surface area contributed by atoms with Crippen LogP contribution in [-0.4, -0.2) is 63.3 Å². The molecule has 6 nitrogen and oxygen atoms in total. The first-order valence-corrected chi connectivity index (χ1v) is 61.7. The molecule has 0 atom stereocenters. The second-order valence-corrected chi connectivity index (χ2v) is 62.5. The Kier molecular flexibility index (Phi) is 45.3. The number of aryl methyl sites for hydroxylation is 2. The van der Waals surface area contributed by atoms with E-state index in [4.69, 9.17) is 24.7 Å². The number of rotatable bonds is 54. The number of ether oxygens (including phenoxy) is 4. The summed E-state index contributed by atoms with van der Waals surface area (Å²) in [7, 11) is -5.39. The Balaban J connectivity index is 0.000000318. The smallest absolute Gasteiger partial charge is 0.164 e. The maximum Gasteiger partial charge on any atom is 0.164 e. The molecule has 5 aromatic heterocycles. The minimum absolute atomic E-state index is 0.744. The summed E-state index contributed by atoms with van der Waals surface area (Å²) in [5, 5.41) is 0. The minimum Gasteiger partial charge on any atom is -0.490 e. The van der Waals surface area contributed by atoms with E-state index in [1.54, 1.807) is 18.0 Å². The van der Waals surface area contributed by atoms with E-state index in [9.17, 15) is 0 Å². The van der Waals surface area contributed by atoms with Crippen molar-refractivity contribution in [1.82, 2.24) is 4.57 Å². The molecule has 7 rings (SSSR count). The summed E-state index contributed by atoms with van der Waals surface area (Å²) >= 11 is 15.6. The van der Waals surface area contributed by atoms with E-state index in [1.807, 2.05) is 57.5 Å². The summed E-state index contributed by atoms with van der Waals surface area (Å²) in [6, 6.07) is 18.3. The van der Waals surface area contributed by atoms with Gasteiger partial charge in [-0.05, 0) is 137 Å². The van der Waals surface area contributed by atoms with E-state index in [0.717, 1.165) is 86.4 Å². The highest BCUT2D eigenvalue weighted by Crippen LogP contribution is 2.44. The van der Waals surface area contributed by atoms with Crippen LogP contribution in [0.3, 0.4) is 0 Å². The fraction of sp³-hybridized carbons (Fsp3) is 0.689. The molecule has 0 bridgehead atoms. The second-order valence-electron chi connectivity index (χ2n) is 34.9. The van der Waals surface area contributed by atoms with E-state index in [0.29, 0.717) is 0 Å². The maximum absolute atomic E-state index is 6.70. The molecule has 0 spiro atoms. The van der Waals surface area contributed by atoms with E-state index in [1.165, 1.54) is 282 Å². The molecule has 5 heterocycles. The van der Waals surface area contributed by atoms with Crippen LogP contribution in [0, 0.1) is 13.8 Å². The lowest BCUT2D eigenvalue weighted by Gasteiger charge is -2.18. The number of hydrogen-bond acceptors (Lipinski definition) is 9. The number of nitrogens with two attached hydrogens (primary N) is 1. The molecule has 2 aromatic carbocycles. The van der Waals surface area contributed by atoms with Gasteiger partial charge >= 0.3 is 0 Å². The Labute approximate surface area is 687 Å². The Morgan fingerprint density at radius 1 is 0.311 bits per heavy atom. The molecule has 2 N–H and O–H groups in total. The first-order valence-electron chi connectivity index (χ1n) is 42.9. The number of unbranched alkanes of at least 4 members (excludes halogenated alkanes) is 36. The number of thiophene rings is 4. The monoisotopic (exact) mass is 1720 g/mol. The van der Waals surface area contributed by atoms with Crippen LogP contribution in [0.4, 0.5) is 5.69 Å². The van der Waals surface area contributed by atoms with Gasteiger partial charge < -0.3 is 29.2 Å². The molecule has 0 aliphatic heterocycles. The number of benzene rings is 2. The van der Waals surface area contributed by atoms with Crippen molar-refractivity contribution in [2.24, 2.45) is 0 Å². The molecular formula is C90H152Br2N2O4S4Si4. The number of halogens is 2. The van der Waals surface area contributed by atoms with Gasteiger partial charge in [0.1, 0.15) is 0 Å². The molecule has 600 valence electrons. The molecule has 7 aromatic rings. The largest absolute Gasteiger partial charge is 0.490 e. The van der Waals surface area contributed by atoms with Crippen LogP contribution >= 0.6 is 77.2 Å². The lowest BCUT2D eigenvalue weighted by molar-refractivity contribution is 0.257. The first kappa shape index (κ1) is 94.5. The normalized spacial score (nSPS) is 12.2. The number of aromatic nitrogens is 1. The third-order valence-corrected chi connectivity index (χ3v) is 41.3. The van der Waals surface area contributed by atoms with Gasteiger partial charge in [-0.2, -0.15) is 0 Å². The van der Waals surface area contributed by atoms with Crippen molar-refractivity contribution in [2.75, 3.05) is 32.2 Å². The Morgan fingerprint density at radius 2 is 0.566 bits per heavy atom. The van der Waals surface area contributed by atoms with Crippen molar-refractivity contribution >= 4 is 154 Å². The SMILES string of the molecule is CCCCCCCCCCCCOc1cc(-n2c3cc([Si](C)(C)C)sc3c3sc([Si](C)(C)C)cc32)cc(C)c1OCCCCCCCCCCCC.CCCCCCCCCCCCOc1cc(N)cc(C)c1OCCCCCCCCCCCC.C[Si](C)(C)c1cc(Br)c(-c2sc([Si](C)(C)C)cc2Br)s1. The topological polar surface area (TPSA) is 67.9 Å². The summed E-state index contributed by atoms with van der Waals surface area (Å²) in [6.45, 7) is 45.8. The third kappa shape index (κ3) is 34.3. The molecule has 0 radical (unpaired) electrons. The number of nitrogens with zero attached hydrogens (tertiary/aromatic N) is 1. The number of anilines is 1. The summed E-state index contributed by atoms with van der Waals surface area (Å²) in [4.78, 5) is 2.78. The average molecular weight is 1730 g/mol. The van der Waals surface area contributed by atoms with Gasteiger partial charge in [-0.15, -0.1) is 45.3 Å². The molecule has 0 aliphatic rings. The molecular weight excluding hydrogens is 1570 g/mol. The van der Waals surface area contributed by atoms with E-state index in [2.05, 4.69) is 193 Å². The summed E-state index contributed by atoms with van der Waals surface area (Å²) < 4.78 is 39.9. The van der Waals surface area contributed by atoms with Crippen molar-refractivity contribution in [3.8, 4) is 38.4 Å². The number of hydrogen-bond donors (Lipinski definition) is 1.